The maximum absolute atomic E-state index is 8.79. The Kier molecular flexibility index (Phi) is 14.6. The monoisotopic (exact) mass is 466 g/mol. The summed E-state index contributed by atoms with van der Waals surface area (Å²) >= 11 is 10.9. The van der Waals surface area contributed by atoms with Crippen molar-refractivity contribution in [3.05, 3.63) is 118 Å². The fraction of sp³-hybridized carbons (Fsp3) is 0.0833. The van der Waals surface area contributed by atoms with Gasteiger partial charge in [-0.3, -0.25) is 0 Å². The third-order valence-corrected chi connectivity index (χ3v) is 4.00. The van der Waals surface area contributed by atoms with Crippen LogP contribution in [-0.4, -0.2) is 10.2 Å². The molecule has 0 saturated carbocycles. The molecule has 0 amide bonds. The second-order valence-corrected chi connectivity index (χ2v) is 6.64. The molecule has 4 rings (SSSR count). The summed E-state index contributed by atoms with van der Waals surface area (Å²) < 4.78 is 0. The van der Waals surface area contributed by atoms with Gasteiger partial charge in [0.25, 0.3) is 0 Å². The SMILES string of the molecule is C[c-]1cccc1.C[c-]1cccc1.Oc1ccccc1Cl.Oc1ccccc1Cl.[Cr+2]. The Hall–Kier alpha value is -2.15. The van der Waals surface area contributed by atoms with Crippen molar-refractivity contribution in [1.82, 2.24) is 0 Å². The number of hydrogen-bond donors (Lipinski definition) is 2. The fourth-order valence-electron chi connectivity index (χ4n) is 1.84. The molecular formula is C24H24Cl2CrO2. The summed E-state index contributed by atoms with van der Waals surface area (Å²) in [5.74, 6) is 0.267. The Morgan fingerprint density at radius 2 is 0.828 bits per heavy atom. The Labute approximate surface area is 193 Å². The van der Waals surface area contributed by atoms with Crippen LogP contribution in [0.1, 0.15) is 11.1 Å². The molecule has 0 aliphatic rings. The fourth-order valence-corrected chi connectivity index (χ4v) is 2.12. The average Bonchev–Trinajstić information content (AvgIpc) is 3.35. The third kappa shape index (κ3) is 12.8. The van der Waals surface area contributed by atoms with Crippen molar-refractivity contribution in [3.63, 3.8) is 0 Å². The molecule has 2 nitrogen and oxygen atoms in total. The van der Waals surface area contributed by atoms with E-state index >= 15 is 0 Å². The van der Waals surface area contributed by atoms with Crippen LogP contribution >= 0.6 is 23.2 Å². The minimum absolute atomic E-state index is 0. The van der Waals surface area contributed by atoms with E-state index in [2.05, 4.69) is 38.1 Å². The molecule has 4 aromatic carbocycles. The number of phenols is 2. The van der Waals surface area contributed by atoms with Gasteiger partial charge in [-0.2, -0.15) is 35.4 Å². The number of halogens is 2. The molecular weight excluding hydrogens is 443 g/mol. The van der Waals surface area contributed by atoms with Gasteiger partial charge in [0.15, 0.2) is 0 Å². The molecule has 152 valence electrons. The second kappa shape index (κ2) is 15.7. The van der Waals surface area contributed by atoms with Crippen LogP contribution in [0.25, 0.3) is 0 Å². The molecule has 0 unspecified atom stereocenters. The summed E-state index contributed by atoms with van der Waals surface area (Å²) in [6.07, 6.45) is 0. The molecule has 0 aromatic heterocycles. The van der Waals surface area contributed by atoms with Crippen LogP contribution in [0.4, 0.5) is 0 Å². The van der Waals surface area contributed by atoms with E-state index in [0.29, 0.717) is 10.0 Å². The zero-order valence-electron chi connectivity index (χ0n) is 16.3. The minimum atomic E-state index is 0. The van der Waals surface area contributed by atoms with Crippen LogP contribution in [0.15, 0.2) is 97.1 Å². The van der Waals surface area contributed by atoms with Crippen molar-refractivity contribution in [2.24, 2.45) is 0 Å². The molecule has 0 heterocycles. The quantitative estimate of drug-likeness (QED) is 0.263. The van der Waals surface area contributed by atoms with E-state index in [9.17, 15) is 0 Å². The van der Waals surface area contributed by atoms with Crippen LogP contribution in [0.5, 0.6) is 11.5 Å². The zero-order valence-corrected chi connectivity index (χ0v) is 19.1. The summed E-state index contributed by atoms with van der Waals surface area (Å²) in [6, 6.07) is 29.8. The van der Waals surface area contributed by atoms with Crippen molar-refractivity contribution in [2.45, 2.75) is 13.8 Å². The summed E-state index contributed by atoms with van der Waals surface area (Å²) in [5, 5.41) is 18.4. The molecule has 4 aromatic rings. The second-order valence-electron chi connectivity index (χ2n) is 5.83. The predicted molar refractivity (Wildman–Crippen MR) is 120 cm³/mol. The van der Waals surface area contributed by atoms with E-state index in [0.717, 1.165) is 0 Å². The van der Waals surface area contributed by atoms with Crippen molar-refractivity contribution < 1.29 is 27.6 Å². The van der Waals surface area contributed by atoms with Gasteiger partial charge in [-0.25, -0.2) is 24.3 Å². The summed E-state index contributed by atoms with van der Waals surface area (Å²) in [5.41, 5.74) is 2.69. The van der Waals surface area contributed by atoms with Gasteiger partial charge in [0.1, 0.15) is 11.5 Å². The maximum atomic E-state index is 8.79. The number of rotatable bonds is 0. The van der Waals surface area contributed by atoms with Crippen molar-refractivity contribution in [1.29, 1.82) is 0 Å². The van der Waals surface area contributed by atoms with Gasteiger partial charge in [-0.05, 0) is 24.3 Å². The van der Waals surface area contributed by atoms with Crippen molar-refractivity contribution >= 4 is 23.2 Å². The third-order valence-electron chi connectivity index (χ3n) is 3.36. The smallest absolute Gasteiger partial charge is 0.506 e. The number of hydrogen-bond acceptors (Lipinski definition) is 2. The maximum Gasteiger partial charge on any atom is 2.00 e. The Morgan fingerprint density at radius 3 is 0.966 bits per heavy atom. The number of aryl methyl sites for hydroxylation is 2. The van der Waals surface area contributed by atoms with Gasteiger partial charge in [0.05, 0.1) is 10.0 Å². The first-order chi connectivity index (χ1) is 13.4. The standard InChI is InChI=1S/2C6H5ClO.2C6H7.Cr/c2*7-5-3-1-2-4-6(5)8;2*1-6-4-2-3-5-6;/h2*1-4,8H;2*2-5H,1H3;/q;;2*-1;+2. The van der Waals surface area contributed by atoms with Crippen molar-refractivity contribution in [3.8, 4) is 11.5 Å². The largest absolute Gasteiger partial charge is 2.00 e. The first kappa shape index (κ1) is 26.9. The van der Waals surface area contributed by atoms with E-state index in [1.165, 1.54) is 11.1 Å². The van der Waals surface area contributed by atoms with Gasteiger partial charge in [0, 0.05) is 0 Å². The molecule has 0 aliphatic heterocycles. The molecule has 29 heavy (non-hydrogen) atoms. The van der Waals surface area contributed by atoms with Crippen LogP contribution in [-0.2, 0) is 17.4 Å². The Bertz CT molecular complexity index is 771. The average molecular weight is 467 g/mol. The molecule has 0 saturated heterocycles. The van der Waals surface area contributed by atoms with Crippen LogP contribution < -0.4 is 0 Å². The van der Waals surface area contributed by atoms with Gasteiger partial charge in [-0.1, -0.05) is 61.3 Å². The molecule has 0 bridgehead atoms. The Balaban J connectivity index is 0.000000359. The van der Waals surface area contributed by atoms with E-state index in [-0.39, 0.29) is 28.9 Å². The number of para-hydroxylation sites is 2. The van der Waals surface area contributed by atoms with E-state index in [4.69, 9.17) is 33.4 Å². The summed E-state index contributed by atoms with van der Waals surface area (Å²) in [6.45, 7) is 4.17. The number of benzene rings is 2. The van der Waals surface area contributed by atoms with E-state index < -0.39 is 0 Å². The molecule has 0 aliphatic carbocycles. The topological polar surface area (TPSA) is 40.5 Å². The number of phenolic OH excluding ortho intramolecular Hbond substituents is 2. The van der Waals surface area contributed by atoms with Crippen LogP contribution in [0, 0.1) is 13.8 Å². The van der Waals surface area contributed by atoms with Crippen LogP contribution in [0.2, 0.25) is 10.0 Å². The summed E-state index contributed by atoms with van der Waals surface area (Å²) in [4.78, 5) is 0. The molecule has 5 heteroatoms. The van der Waals surface area contributed by atoms with E-state index in [1.807, 2.05) is 24.3 Å². The summed E-state index contributed by atoms with van der Waals surface area (Å²) in [7, 11) is 0. The minimum Gasteiger partial charge on any atom is -0.506 e. The Morgan fingerprint density at radius 1 is 0.552 bits per heavy atom. The van der Waals surface area contributed by atoms with E-state index in [1.54, 1.807) is 48.5 Å². The van der Waals surface area contributed by atoms with Crippen LogP contribution in [0.3, 0.4) is 0 Å². The molecule has 0 radical (unpaired) electrons. The van der Waals surface area contributed by atoms with Crippen molar-refractivity contribution in [2.75, 3.05) is 0 Å². The first-order valence-corrected chi connectivity index (χ1v) is 9.39. The number of aromatic hydroxyl groups is 2. The van der Waals surface area contributed by atoms with Gasteiger partial charge in [-0.15, -0.1) is 0 Å². The van der Waals surface area contributed by atoms with Gasteiger partial charge >= 0.3 is 17.4 Å². The normalized spacial score (nSPS) is 8.69. The first-order valence-electron chi connectivity index (χ1n) is 8.63. The zero-order chi connectivity index (χ0) is 20.8. The van der Waals surface area contributed by atoms with Gasteiger partial charge < -0.3 is 10.2 Å². The molecule has 2 N–H and O–H groups in total. The molecule has 0 atom stereocenters. The molecule has 0 spiro atoms. The van der Waals surface area contributed by atoms with Gasteiger partial charge in [0.2, 0.25) is 0 Å². The molecule has 0 fully saturated rings. The predicted octanol–water partition coefficient (Wildman–Crippen LogP) is 7.52.